The van der Waals surface area contributed by atoms with E-state index in [1.807, 2.05) is 0 Å². The Morgan fingerprint density at radius 2 is 2.56 bits per heavy atom. The normalized spacial score (nSPS) is 19.6. The predicted octanol–water partition coefficient (Wildman–Crippen LogP) is 0.623. The van der Waals surface area contributed by atoms with Crippen molar-refractivity contribution in [3.63, 3.8) is 0 Å². The van der Waals surface area contributed by atoms with E-state index in [0.717, 1.165) is 19.6 Å². The number of aromatic carboxylic acids is 1. The molecular formula is C10H13N3O3. The Hall–Kier alpha value is -1.69. The van der Waals surface area contributed by atoms with Crippen LogP contribution in [0.2, 0.25) is 0 Å². The number of carboxylic acids is 1. The monoisotopic (exact) mass is 223 g/mol. The molecule has 0 aromatic carbocycles. The molecule has 1 fully saturated rings. The summed E-state index contributed by atoms with van der Waals surface area (Å²) in [5.41, 5.74) is 0.147. The van der Waals surface area contributed by atoms with Crippen LogP contribution in [0.1, 0.15) is 16.8 Å². The zero-order valence-corrected chi connectivity index (χ0v) is 8.72. The molecule has 2 N–H and O–H groups in total. The van der Waals surface area contributed by atoms with Crippen molar-refractivity contribution in [1.82, 2.24) is 10.2 Å². The Bertz CT molecular complexity index is 377. The van der Waals surface area contributed by atoms with Gasteiger partial charge in [-0.15, -0.1) is 5.10 Å². The van der Waals surface area contributed by atoms with Crippen LogP contribution in [-0.2, 0) is 4.74 Å². The quantitative estimate of drug-likeness (QED) is 0.778. The van der Waals surface area contributed by atoms with E-state index >= 15 is 0 Å². The predicted molar refractivity (Wildman–Crippen MR) is 56.4 cm³/mol. The number of anilines is 1. The third-order valence-corrected chi connectivity index (χ3v) is 2.53. The molecule has 1 aromatic heterocycles. The summed E-state index contributed by atoms with van der Waals surface area (Å²) in [6.45, 7) is 2.16. The van der Waals surface area contributed by atoms with Crippen LogP contribution in [0.5, 0.6) is 0 Å². The molecule has 1 aliphatic heterocycles. The summed E-state index contributed by atoms with van der Waals surface area (Å²) in [6, 6.07) is 1.43. The molecule has 0 saturated carbocycles. The average molecular weight is 223 g/mol. The Labute approximate surface area is 92.6 Å². The van der Waals surface area contributed by atoms with Crippen molar-refractivity contribution in [1.29, 1.82) is 0 Å². The van der Waals surface area contributed by atoms with Crippen LogP contribution in [0.3, 0.4) is 0 Å². The molecule has 0 radical (unpaired) electrons. The van der Waals surface area contributed by atoms with Gasteiger partial charge in [-0.25, -0.2) is 4.79 Å². The van der Waals surface area contributed by atoms with Crippen LogP contribution in [0, 0.1) is 5.92 Å². The number of carboxylic acid groups (broad SMARTS) is 1. The smallest absolute Gasteiger partial charge is 0.339 e. The van der Waals surface area contributed by atoms with Crippen LogP contribution in [-0.4, -0.2) is 41.0 Å². The highest BCUT2D eigenvalue weighted by Crippen LogP contribution is 2.15. The van der Waals surface area contributed by atoms with Gasteiger partial charge in [0.05, 0.1) is 12.8 Å². The van der Waals surface area contributed by atoms with Crippen molar-refractivity contribution in [2.24, 2.45) is 5.92 Å². The Kier molecular flexibility index (Phi) is 3.31. The molecule has 2 heterocycles. The van der Waals surface area contributed by atoms with Crippen molar-refractivity contribution < 1.29 is 14.6 Å². The molecule has 1 unspecified atom stereocenters. The first-order chi connectivity index (χ1) is 7.77. The number of hydrogen-bond acceptors (Lipinski definition) is 5. The van der Waals surface area contributed by atoms with Crippen molar-refractivity contribution in [3.8, 4) is 0 Å². The zero-order chi connectivity index (χ0) is 11.4. The molecule has 16 heavy (non-hydrogen) atoms. The second kappa shape index (κ2) is 4.89. The fourth-order valence-electron chi connectivity index (χ4n) is 1.62. The average Bonchev–Trinajstić information content (AvgIpc) is 2.79. The van der Waals surface area contributed by atoms with Gasteiger partial charge in [0, 0.05) is 19.1 Å². The molecule has 1 saturated heterocycles. The summed E-state index contributed by atoms with van der Waals surface area (Å²) < 4.78 is 5.23. The minimum atomic E-state index is -1.000. The molecule has 6 nitrogen and oxygen atoms in total. The van der Waals surface area contributed by atoms with Gasteiger partial charge >= 0.3 is 5.97 Å². The molecule has 1 atom stereocenters. The van der Waals surface area contributed by atoms with Gasteiger partial charge in [0.1, 0.15) is 5.56 Å². The molecular weight excluding hydrogens is 210 g/mol. The lowest BCUT2D eigenvalue weighted by Crippen LogP contribution is -2.17. The number of ether oxygens (including phenoxy) is 1. The highest BCUT2D eigenvalue weighted by Gasteiger charge is 2.17. The fourth-order valence-corrected chi connectivity index (χ4v) is 1.62. The van der Waals surface area contributed by atoms with Gasteiger partial charge in [0.15, 0.2) is 5.82 Å². The molecule has 2 rings (SSSR count). The first kappa shape index (κ1) is 10.8. The van der Waals surface area contributed by atoms with Crippen molar-refractivity contribution in [2.75, 3.05) is 25.1 Å². The summed E-state index contributed by atoms with van der Waals surface area (Å²) in [5, 5.41) is 19.4. The highest BCUT2D eigenvalue weighted by atomic mass is 16.5. The fraction of sp³-hybridized carbons (Fsp3) is 0.500. The molecule has 0 spiro atoms. The summed E-state index contributed by atoms with van der Waals surface area (Å²) in [4.78, 5) is 10.9. The Morgan fingerprint density at radius 3 is 3.25 bits per heavy atom. The van der Waals surface area contributed by atoms with Crippen LogP contribution in [0.25, 0.3) is 0 Å². The minimum absolute atomic E-state index is 0.147. The molecule has 0 bridgehead atoms. The lowest BCUT2D eigenvalue weighted by molar-refractivity contribution is 0.0697. The maximum Gasteiger partial charge on any atom is 0.339 e. The second-order valence-electron chi connectivity index (χ2n) is 3.71. The van der Waals surface area contributed by atoms with E-state index in [9.17, 15) is 4.79 Å². The van der Waals surface area contributed by atoms with E-state index in [-0.39, 0.29) is 5.56 Å². The van der Waals surface area contributed by atoms with Crippen LogP contribution in [0.15, 0.2) is 12.3 Å². The Morgan fingerprint density at radius 1 is 1.69 bits per heavy atom. The second-order valence-corrected chi connectivity index (χ2v) is 3.71. The van der Waals surface area contributed by atoms with Gasteiger partial charge < -0.3 is 15.2 Å². The summed E-state index contributed by atoms with van der Waals surface area (Å²) in [5.74, 6) is -0.259. The van der Waals surface area contributed by atoms with E-state index in [2.05, 4.69) is 15.5 Å². The van der Waals surface area contributed by atoms with Gasteiger partial charge in [-0.3, -0.25) is 0 Å². The zero-order valence-electron chi connectivity index (χ0n) is 8.72. The van der Waals surface area contributed by atoms with Crippen molar-refractivity contribution in [3.05, 3.63) is 17.8 Å². The lowest BCUT2D eigenvalue weighted by atomic mass is 10.1. The number of hydrogen-bond donors (Lipinski definition) is 2. The minimum Gasteiger partial charge on any atom is -0.478 e. The first-order valence-corrected chi connectivity index (χ1v) is 5.14. The van der Waals surface area contributed by atoms with Gasteiger partial charge in [0.25, 0.3) is 0 Å². The van der Waals surface area contributed by atoms with Crippen LogP contribution >= 0.6 is 0 Å². The molecule has 1 aliphatic rings. The summed E-state index contributed by atoms with van der Waals surface area (Å²) in [7, 11) is 0. The largest absolute Gasteiger partial charge is 0.478 e. The Balaban J connectivity index is 2.00. The molecule has 86 valence electrons. The van der Waals surface area contributed by atoms with Crippen molar-refractivity contribution >= 4 is 11.8 Å². The standard InChI is InChI=1S/C10H13N3O3/c14-10(15)8-1-3-12-13-9(8)11-5-7-2-4-16-6-7/h1,3,7H,2,4-6H2,(H,11,13)(H,14,15). The van der Waals surface area contributed by atoms with Gasteiger partial charge in [-0.05, 0) is 12.5 Å². The van der Waals surface area contributed by atoms with Gasteiger partial charge in [-0.1, -0.05) is 0 Å². The highest BCUT2D eigenvalue weighted by molar-refractivity contribution is 5.92. The van der Waals surface area contributed by atoms with Crippen molar-refractivity contribution in [2.45, 2.75) is 6.42 Å². The van der Waals surface area contributed by atoms with Crippen LogP contribution < -0.4 is 5.32 Å². The van der Waals surface area contributed by atoms with Gasteiger partial charge in [-0.2, -0.15) is 5.10 Å². The maximum atomic E-state index is 10.9. The number of aromatic nitrogens is 2. The third kappa shape index (κ3) is 2.46. The third-order valence-electron chi connectivity index (χ3n) is 2.53. The van der Waals surface area contributed by atoms with Gasteiger partial charge in [0.2, 0.25) is 0 Å². The topological polar surface area (TPSA) is 84.3 Å². The number of rotatable bonds is 4. The summed E-state index contributed by atoms with van der Waals surface area (Å²) in [6.07, 6.45) is 2.36. The van der Waals surface area contributed by atoms with E-state index in [1.54, 1.807) is 0 Å². The number of nitrogens with one attached hydrogen (secondary N) is 1. The number of nitrogens with zero attached hydrogens (tertiary/aromatic N) is 2. The first-order valence-electron chi connectivity index (χ1n) is 5.14. The molecule has 6 heteroatoms. The number of carbonyl (C=O) groups is 1. The lowest BCUT2D eigenvalue weighted by Gasteiger charge is -2.10. The van der Waals surface area contributed by atoms with E-state index in [1.165, 1.54) is 12.3 Å². The van der Waals surface area contributed by atoms with E-state index in [0.29, 0.717) is 18.3 Å². The summed E-state index contributed by atoms with van der Waals surface area (Å²) >= 11 is 0. The van der Waals surface area contributed by atoms with E-state index < -0.39 is 5.97 Å². The van der Waals surface area contributed by atoms with E-state index in [4.69, 9.17) is 9.84 Å². The maximum absolute atomic E-state index is 10.9. The molecule has 0 amide bonds. The SMILES string of the molecule is O=C(O)c1ccnnc1NCC1CCOC1. The molecule has 0 aliphatic carbocycles. The van der Waals surface area contributed by atoms with Crippen LogP contribution in [0.4, 0.5) is 5.82 Å². The molecule has 1 aromatic rings.